The van der Waals surface area contributed by atoms with E-state index in [1.54, 1.807) is 36.4 Å². The monoisotopic (exact) mass is 881 g/mol. The second-order valence-corrected chi connectivity index (χ2v) is 17.5. The SMILES string of the molecule is CC1(C)c2cc(-c3ccc(OC(F)=C(F)F)cc3)cc3c2N2c4c1cc(-c1ccc(OC(F)=C(F)F)cc1)cc4C(C)(C)c1cc(-c4ccc(OC(F)=C(F)F)cc4)cc(c12)C3(C)C. The van der Waals surface area contributed by atoms with Crippen LogP contribution in [0.4, 0.5) is 56.6 Å². The Hall–Kier alpha value is -6.89. The Morgan fingerprint density at radius 2 is 0.531 bits per heavy atom. The molecule has 0 radical (unpaired) electrons. The highest BCUT2D eigenvalue weighted by molar-refractivity contribution is 6.01. The second kappa shape index (κ2) is 14.9. The van der Waals surface area contributed by atoms with Crippen molar-refractivity contribution in [2.75, 3.05) is 4.90 Å². The van der Waals surface area contributed by atoms with Gasteiger partial charge >= 0.3 is 36.3 Å². The van der Waals surface area contributed by atoms with Gasteiger partial charge in [0.1, 0.15) is 17.2 Å². The molecule has 0 aliphatic carbocycles. The first-order valence-corrected chi connectivity index (χ1v) is 20.0. The van der Waals surface area contributed by atoms with E-state index in [9.17, 15) is 39.5 Å². The van der Waals surface area contributed by atoms with Crippen LogP contribution in [0.2, 0.25) is 0 Å². The minimum atomic E-state index is -2.57. The number of benzene rings is 6. The maximum Gasteiger partial charge on any atom is 0.344 e. The molecule has 4 nitrogen and oxygen atoms in total. The summed E-state index contributed by atoms with van der Waals surface area (Å²) < 4.78 is 132. The van der Waals surface area contributed by atoms with Crippen LogP contribution in [-0.4, -0.2) is 0 Å². The molecule has 3 heterocycles. The van der Waals surface area contributed by atoms with Crippen molar-refractivity contribution in [2.24, 2.45) is 0 Å². The molecule has 0 saturated carbocycles. The molecule has 0 aromatic heterocycles. The van der Waals surface area contributed by atoms with Crippen LogP contribution in [0.25, 0.3) is 33.4 Å². The van der Waals surface area contributed by atoms with Crippen LogP contribution < -0.4 is 19.1 Å². The number of anilines is 3. The maximum absolute atomic E-state index is 13.7. The average Bonchev–Trinajstić information content (AvgIpc) is 3.25. The summed E-state index contributed by atoms with van der Waals surface area (Å²) in [6.07, 6.45) is -7.72. The van der Waals surface area contributed by atoms with Crippen molar-refractivity contribution in [1.82, 2.24) is 0 Å². The van der Waals surface area contributed by atoms with Crippen LogP contribution in [0.3, 0.4) is 0 Å². The molecule has 13 heteroatoms. The molecule has 0 bridgehead atoms. The topological polar surface area (TPSA) is 30.9 Å². The van der Waals surface area contributed by atoms with E-state index in [-0.39, 0.29) is 17.2 Å². The highest BCUT2D eigenvalue weighted by Crippen LogP contribution is 2.67. The Morgan fingerprint density at radius 1 is 0.328 bits per heavy atom. The molecule has 3 aliphatic heterocycles. The Kier molecular flexibility index (Phi) is 9.84. The summed E-state index contributed by atoms with van der Waals surface area (Å²) in [4.78, 5) is 2.33. The summed E-state index contributed by atoms with van der Waals surface area (Å²) in [5.74, 6) is -0.335. The van der Waals surface area contributed by atoms with Crippen molar-refractivity contribution in [2.45, 2.75) is 57.8 Å². The number of ether oxygens (including phenoxy) is 3. The fraction of sp³-hybridized carbons (Fsp3) is 0.176. The number of hydrogen-bond donors (Lipinski definition) is 0. The molecule has 6 aromatic rings. The van der Waals surface area contributed by atoms with Crippen LogP contribution in [0.1, 0.15) is 74.9 Å². The van der Waals surface area contributed by atoms with Gasteiger partial charge in [0.15, 0.2) is 0 Å². The summed E-state index contributed by atoms with van der Waals surface area (Å²) in [5, 5.41) is 0. The molecule has 326 valence electrons. The van der Waals surface area contributed by atoms with Crippen LogP contribution in [0.15, 0.2) is 145 Å². The zero-order valence-electron chi connectivity index (χ0n) is 35.0. The van der Waals surface area contributed by atoms with E-state index < -0.39 is 52.5 Å². The highest BCUT2D eigenvalue weighted by atomic mass is 19.3. The zero-order chi connectivity index (χ0) is 45.8. The molecule has 0 amide bonds. The van der Waals surface area contributed by atoms with Gasteiger partial charge < -0.3 is 19.1 Å². The fourth-order valence-corrected chi connectivity index (χ4v) is 9.33. The summed E-state index contributed by atoms with van der Waals surface area (Å²) in [7, 11) is 0. The number of rotatable bonds is 9. The first-order chi connectivity index (χ1) is 30.2. The third-order valence-corrected chi connectivity index (χ3v) is 12.7. The molecule has 0 spiro atoms. The van der Waals surface area contributed by atoms with Gasteiger partial charge in [0.25, 0.3) is 0 Å². The van der Waals surface area contributed by atoms with E-state index in [1.165, 1.54) is 36.4 Å². The number of hydrogen-bond acceptors (Lipinski definition) is 4. The fourth-order valence-electron chi connectivity index (χ4n) is 9.33. The lowest BCUT2D eigenvalue weighted by atomic mass is 9.60. The molecule has 6 aromatic carbocycles. The lowest BCUT2D eigenvalue weighted by Gasteiger charge is -2.55. The third kappa shape index (κ3) is 6.71. The van der Waals surface area contributed by atoms with Gasteiger partial charge in [-0.2, -0.15) is 39.5 Å². The molecule has 3 aliphatic rings. The second-order valence-electron chi connectivity index (χ2n) is 17.5. The molecule has 0 atom stereocenters. The molecule has 64 heavy (non-hydrogen) atoms. The van der Waals surface area contributed by atoms with Gasteiger partial charge in [0.2, 0.25) is 0 Å². The van der Waals surface area contributed by atoms with Gasteiger partial charge in [-0.05, 0) is 140 Å². The van der Waals surface area contributed by atoms with Crippen molar-refractivity contribution < 1.29 is 53.7 Å². The van der Waals surface area contributed by atoms with Gasteiger partial charge in [0.05, 0.1) is 17.1 Å². The Labute approximate surface area is 362 Å². The molecular weight excluding hydrogens is 846 g/mol. The molecule has 0 saturated heterocycles. The average molecular weight is 882 g/mol. The van der Waals surface area contributed by atoms with Crippen LogP contribution in [-0.2, 0) is 16.2 Å². The van der Waals surface area contributed by atoms with E-state index in [2.05, 4.69) is 82.8 Å². The lowest BCUT2D eigenvalue weighted by Crippen LogP contribution is -2.43. The van der Waals surface area contributed by atoms with E-state index in [1.807, 2.05) is 0 Å². The Bertz CT molecular complexity index is 2600. The highest BCUT2D eigenvalue weighted by Gasteiger charge is 2.52. The molecule has 0 N–H and O–H groups in total. The summed E-state index contributed by atoms with van der Waals surface area (Å²) in [6, 6.07) is 25.2. The number of nitrogens with zero attached hydrogens (tertiary/aromatic N) is 1. The van der Waals surface area contributed by atoms with Gasteiger partial charge in [-0.25, -0.2) is 0 Å². The van der Waals surface area contributed by atoms with Gasteiger partial charge in [-0.3, -0.25) is 0 Å². The smallest absolute Gasteiger partial charge is 0.344 e. The minimum Gasteiger partial charge on any atom is -0.428 e. The summed E-state index contributed by atoms with van der Waals surface area (Å²) in [5.41, 5.74) is 11.5. The van der Waals surface area contributed by atoms with Crippen molar-refractivity contribution in [3.8, 4) is 50.6 Å². The van der Waals surface area contributed by atoms with E-state index in [4.69, 9.17) is 14.2 Å². The Morgan fingerprint density at radius 3 is 0.719 bits per heavy atom. The summed E-state index contributed by atoms with van der Waals surface area (Å²) >= 11 is 0. The van der Waals surface area contributed by atoms with Crippen molar-refractivity contribution in [3.05, 3.63) is 179 Å². The first-order valence-electron chi connectivity index (χ1n) is 20.0. The third-order valence-electron chi connectivity index (χ3n) is 12.7. The first kappa shape index (κ1) is 42.4. The zero-order valence-corrected chi connectivity index (χ0v) is 35.0. The largest absolute Gasteiger partial charge is 0.428 e. The quantitative estimate of drug-likeness (QED) is 0.107. The Balaban J connectivity index is 1.28. The molecule has 9 rings (SSSR count). The standard InChI is InChI=1S/C51H36F9NO3/c1-49(2)34-19-28(25-7-13-31(14-8-25)62-46(58)43(52)53)21-36-40(34)61-41-35(49)20-29(26-9-15-32(16-10-26)63-47(59)44(54)55)22-37(41)51(5,6)39-24-30(23-38(42(39)61)50(36,3)4)27-11-17-33(18-12-27)64-48(60)45(56)57/h7-24H,1-6H3. The van der Waals surface area contributed by atoms with E-state index in [0.717, 1.165) is 67.1 Å². The van der Waals surface area contributed by atoms with Crippen molar-refractivity contribution in [1.29, 1.82) is 0 Å². The maximum atomic E-state index is 13.7. The predicted molar refractivity (Wildman–Crippen MR) is 227 cm³/mol. The van der Waals surface area contributed by atoms with Gasteiger partial charge in [-0.15, -0.1) is 0 Å². The van der Waals surface area contributed by atoms with E-state index >= 15 is 0 Å². The van der Waals surface area contributed by atoms with Gasteiger partial charge in [-0.1, -0.05) is 77.9 Å². The number of halogens is 9. The molecule has 0 unspecified atom stereocenters. The van der Waals surface area contributed by atoms with E-state index in [0.29, 0.717) is 16.7 Å². The van der Waals surface area contributed by atoms with Gasteiger partial charge in [0, 0.05) is 16.2 Å². The van der Waals surface area contributed by atoms with Crippen molar-refractivity contribution in [3.63, 3.8) is 0 Å². The summed E-state index contributed by atoms with van der Waals surface area (Å²) in [6.45, 7) is 12.9. The van der Waals surface area contributed by atoms with Crippen LogP contribution in [0, 0.1) is 0 Å². The van der Waals surface area contributed by atoms with Crippen molar-refractivity contribution >= 4 is 17.1 Å². The van der Waals surface area contributed by atoms with Crippen LogP contribution in [0.5, 0.6) is 17.2 Å². The normalized spacial score (nSPS) is 15.1. The lowest BCUT2D eigenvalue weighted by molar-refractivity contribution is 0.241. The molecular formula is C51H36F9NO3. The minimum absolute atomic E-state index is 0.112. The van der Waals surface area contributed by atoms with Crippen LogP contribution >= 0.6 is 0 Å². The molecule has 0 fully saturated rings. The predicted octanol–water partition coefficient (Wildman–Crippen LogP) is 16.3.